The number of carbonyl (C=O) groups is 1. The van der Waals surface area contributed by atoms with E-state index in [-0.39, 0.29) is 17.6 Å². The van der Waals surface area contributed by atoms with Gasteiger partial charge in [0.15, 0.2) is 17.4 Å². The molecule has 0 heterocycles. The minimum atomic E-state index is -1.12. The van der Waals surface area contributed by atoms with Crippen LogP contribution in [0.25, 0.3) is 0 Å². The summed E-state index contributed by atoms with van der Waals surface area (Å²) < 4.78 is 32.5. The Morgan fingerprint density at radius 3 is 2.33 bits per heavy atom. The summed E-state index contributed by atoms with van der Waals surface area (Å²) in [5.41, 5.74) is 0.0101. The molecule has 0 aromatic heterocycles. The van der Waals surface area contributed by atoms with Crippen LogP contribution in [0.4, 0.5) is 14.5 Å². The number of rotatable bonds is 4. The van der Waals surface area contributed by atoms with E-state index in [2.05, 4.69) is 0 Å². The number of carbonyl (C=O) groups excluding carboxylic acids is 1. The van der Waals surface area contributed by atoms with Gasteiger partial charge in [0, 0.05) is 11.6 Å². The Morgan fingerprint density at radius 2 is 1.81 bits per heavy atom. The maximum absolute atomic E-state index is 13.7. The van der Waals surface area contributed by atoms with Crippen LogP contribution >= 0.6 is 0 Å². The minimum Gasteiger partial charge on any atom is -0.444 e. The van der Waals surface area contributed by atoms with Crippen LogP contribution in [0.3, 0.4) is 0 Å². The van der Waals surface area contributed by atoms with Gasteiger partial charge in [-0.3, -0.25) is 14.9 Å². The van der Waals surface area contributed by atoms with Gasteiger partial charge >= 0.3 is 5.69 Å². The molecule has 0 unspecified atom stereocenters. The van der Waals surface area contributed by atoms with Crippen LogP contribution in [-0.2, 0) is 0 Å². The summed E-state index contributed by atoms with van der Waals surface area (Å²) in [6.45, 7) is 1.65. The highest BCUT2D eigenvalue weighted by Crippen LogP contribution is 2.34. The van der Waals surface area contributed by atoms with Crippen molar-refractivity contribution in [2.75, 3.05) is 0 Å². The first-order valence-electron chi connectivity index (χ1n) is 5.79. The quantitative estimate of drug-likeness (QED) is 0.488. The van der Waals surface area contributed by atoms with E-state index in [1.807, 2.05) is 0 Å². The fourth-order valence-corrected chi connectivity index (χ4v) is 1.71. The zero-order chi connectivity index (χ0) is 15.6. The number of nitro groups is 1. The van der Waals surface area contributed by atoms with E-state index in [1.165, 1.54) is 18.2 Å². The second kappa shape index (κ2) is 5.66. The molecule has 2 rings (SSSR count). The first kappa shape index (κ1) is 14.6. The van der Waals surface area contributed by atoms with Gasteiger partial charge in [-0.05, 0) is 30.7 Å². The number of ether oxygens (including phenoxy) is 1. The number of aryl methyl sites for hydroxylation is 1. The molecule has 0 bridgehead atoms. The van der Waals surface area contributed by atoms with Crippen molar-refractivity contribution in [3.05, 3.63) is 63.2 Å². The third kappa shape index (κ3) is 3.02. The smallest absolute Gasteiger partial charge is 0.311 e. The van der Waals surface area contributed by atoms with Gasteiger partial charge in [-0.15, -0.1) is 0 Å². The number of aldehydes is 1. The Balaban J connectivity index is 2.50. The number of nitro benzene ring substituents is 1. The van der Waals surface area contributed by atoms with E-state index >= 15 is 0 Å². The van der Waals surface area contributed by atoms with Gasteiger partial charge in [-0.2, -0.15) is 0 Å². The monoisotopic (exact) mass is 293 g/mol. The van der Waals surface area contributed by atoms with Gasteiger partial charge in [0.2, 0.25) is 5.75 Å². The fraction of sp³-hybridized carbons (Fsp3) is 0.0714. The molecule has 7 heteroatoms. The number of hydrogen-bond acceptors (Lipinski definition) is 4. The van der Waals surface area contributed by atoms with Crippen molar-refractivity contribution in [3.63, 3.8) is 0 Å². The summed E-state index contributed by atoms with van der Waals surface area (Å²) in [7, 11) is 0. The van der Waals surface area contributed by atoms with Crippen molar-refractivity contribution in [2.45, 2.75) is 6.92 Å². The van der Waals surface area contributed by atoms with Gasteiger partial charge in [-0.25, -0.2) is 8.78 Å². The topological polar surface area (TPSA) is 69.4 Å². The molecule has 2 aromatic rings. The lowest BCUT2D eigenvalue weighted by atomic mass is 10.2. The van der Waals surface area contributed by atoms with Crippen molar-refractivity contribution in [1.82, 2.24) is 0 Å². The van der Waals surface area contributed by atoms with E-state index in [9.17, 15) is 23.7 Å². The fourth-order valence-electron chi connectivity index (χ4n) is 1.71. The summed E-state index contributed by atoms with van der Waals surface area (Å²) >= 11 is 0. The lowest BCUT2D eigenvalue weighted by Gasteiger charge is -2.09. The molecule has 21 heavy (non-hydrogen) atoms. The molecular weight excluding hydrogens is 284 g/mol. The summed E-state index contributed by atoms with van der Waals surface area (Å²) in [5, 5.41) is 10.9. The van der Waals surface area contributed by atoms with Crippen LogP contribution in [-0.4, -0.2) is 11.2 Å². The van der Waals surface area contributed by atoms with E-state index < -0.39 is 28.0 Å². The highest BCUT2D eigenvalue weighted by Gasteiger charge is 2.20. The third-order valence-corrected chi connectivity index (χ3v) is 2.68. The lowest BCUT2D eigenvalue weighted by Crippen LogP contribution is -1.98. The van der Waals surface area contributed by atoms with Crippen molar-refractivity contribution in [1.29, 1.82) is 0 Å². The molecule has 0 spiro atoms. The molecule has 0 amide bonds. The molecule has 0 atom stereocenters. The van der Waals surface area contributed by atoms with Gasteiger partial charge in [0.1, 0.15) is 6.29 Å². The largest absolute Gasteiger partial charge is 0.444 e. The molecule has 0 radical (unpaired) electrons. The summed E-state index contributed by atoms with van der Waals surface area (Å²) in [6.07, 6.45) is 0.283. The Kier molecular flexibility index (Phi) is 3.93. The number of hydrogen-bond donors (Lipinski definition) is 0. The van der Waals surface area contributed by atoms with Crippen molar-refractivity contribution >= 4 is 12.0 Å². The molecular formula is C14H9F2NO4. The Labute approximate surface area is 117 Å². The molecule has 0 saturated carbocycles. The second-order valence-electron chi connectivity index (χ2n) is 4.26. The van der Waals surface area contributed by atoms with Crippen LogP contribution in [0, 0.1) is 28.7 Å². The molecule has 0 aliphatic rings. The summed E-state index contributed by atoms with van der Waals surface area (Å²) in [5.74, 6) is -3.31. The van der Waals surface area contributed by atoms with Gasteiger partial charge in [0.05, 0.1) is 4.92 Å². The van der Waals surface area contributed by atoms with Gasteiger partial charge in [0.25, 0.3) is 0 Å². The molecule has 108 valence electrons. The molecule has 5 nitrogen and oxygen atoms in total. The van der Waals surface area contributed by atoms with E-state index in [4.69, 9.17) is 4.74 Å². The Morgan fingerprint density at radius 1 is 1.19 bits per heavy atom. The summed E-state index contributed by atoms with van der Waals surface area (Å²) in [4.78, 5) is 20.7. The maximum atomic E-state index is 13.7. The molecule has 0 N–H and O–H groups in total. The van der Waals surface area contributed by atoms with Crippen LogP contribution in [0.2, 0.25) is 0 Å². The van der Waals surface area contributed by atoms with Crippen LogP contribution in [0.5, 0.6) is 11.5 Å². The number of benzene rings is 2. The van der Waals surface area contributed by atoms with Crippen molar-refractivity contribution in [3.8, 4) is 11.5 Å². The van der Waals surface area contributed by atoms with Gasteiger partial charge in [-0.1, -0.05) is 6.07 Å². The first-order chi connectivity index (χ1) is 9.92. The number of halogens is 2. The SMILES string of the molecule is Cc1ccc([N+](=O)[O-])c(Oc2c(F)cc(C=O)cc2F)c1. The van der Waals surface area contributed by atoms with Crippen LogP contribution in [0.15, 0.2) is 30.3 Å². The summed E-state index contributed by atoms with van der Waals surface area (Å²) in [6, 6.07) is 5.53. The normalized spacial score (nSPS) is 10.2. The minimum absolute atomic E-state index is 0.198. The Bertz CT molecular complexity index is 708. The molecule has 2 aromatic carbocycles. The third-order valence-electron chi connectivity index (χ3n) is 2.68. The lowest BCUT2D eigenvalue weighted by molar-refractivity contribution is -0.385. The van der Waals surface area contributed by atoms with E-state index in [0.717, 1.165) is 12.1 Å². The molecule has 0 saturated heterocycles. The van der Waals surface area contributed by atoms with E-state index in [0.29, 0.717) is 5.56 Å². The van der Waals surface area contributed by atoms with Crippen LogP contribution in [0.1, 0.15) is 15.9 Å². The average molecular weight is 293 g/mol. The zero-order valence-corrected chi connectivity index (χ0v) is 10.8. The van der Waals surface area contributed by atoms with Gasteiger partial charge < -0.3 is 4.74 Å². The molecule has 0 aliphatic heterocycles. The Hall–Kier alpha value is -2.83. The van der Waals surface area contributed by atoms with Crippen LogP contribution < -0.4 is 4.74 Å². The predicted molar refractivity (Wildman–Crippen MR) is 69.7 cm³/mol. The zero-order valence-electron chi connectivity index (χ0n) is 10.8. The second-order valence-corrected chi connectivity index (χ2v) is 4.26. The highest BCUT2D eigenvalue weighted by atomic mass is 19.1. The average Bonchev–Trinajstić information content (AvgIpc) is 2.42. The predicted octanol–water partition coefficient (Wildman–Crippen LogP) is 3.79. The standard InChI is InChI=1S/C14H9F2NO4/c1-8-2-3-12(17(19)20)13(4-8)21-14-10(15)5-9(7-18)6-11(14)16/h2-7H,1H3. The highest BCUT2D eigenvalue weighted by molar-refractivity contribution is 5.75. The van der Waals surface area contributed by atoms with Crippen molar-refractivity contribution < 1.29 is 23.2 Å². The van der Waals surface area contributed by atoms with E-state index in [1.54, 1.807) is 6.92 Å². The maximum Gasteiger partial charge on any atom is 0.311 e. The number of nitrogens with zero attached hydrogens (tertiary/aromatic N) is 1. The molecule has 0 fully saturated rings. The van der Waals surface area contributed by atoms with Crippen molar-refractivity contribution in [2.24, 2.45) is 0 Å². The first-order valence-corrected chi connectivity index (χ1v) is 5.79. The molecule has 0 aliphatic carbocycles.